The molecule has 0 amide bonds. The third-order valence-electron chi connectivity index (χ3n) is 2.71. The molecule has 0 aromatic carbocycles. The van der Waals surface area contributed by atoms with Gasteiger partial charge in [-0.25, -0.2) is 4.98 Å². The third kappa shape index (κ3) is 3.26. The van der Waals surface area contributed by atoms with Crippen molar-refractivity contribution in [1.29, 1.82) is 0 Å². The molecular weight excluding hydrogens is 206 g/mol. The van der Waals surface area contributed by atoms with Gasteiger partial charge in [-0.15, -0.1) is 11.3 Å². The SMILES string of the molecule is Cc1nc(C(C)N(C)CCCN)c(C)s1. The Labute approximate surface area is 96.3 Å². The van der Waals surface area contributed by atoms with Gasteiger partial charge in [0, 0.05) is 4.88 Å². The molecule has 1 aromatic rings. The fourth-order valence-corrected chi connectivity index (χ4v) is 2.58. The highest BCUT2D eigenvalue weighted by atomic mass is 32.1. The highest BCUT2D eigenvalue weighted by Gasteiger charge is 2.16. The topological polar surface area (TPSA) is 42.2 Å². The number of hydrogen-bond acceptors (Lipinski definition) is 4. The summed E-state index contributed by atoms with van der Waals surface area (Å²) in [6.45, 7) is 8.21. The van der Waals surface area contributed by atoms with E-state index in [-0.39, 0.29) is 0 Å². The number of aromatic nitrogens is 1. The summed E-state index contributed by atoms with van der Waals surface area (Å²) in [6.07, 6.45) is 1.04. The Morgan fingerprint density at radius 1 is 1.47 bits per heavy atom. The summed E-state index contributed by atoms with van der Waals surface area (Å²) in [7, 11) is 2.13. The minimum absolute atomic E-state index is 0.390. The highest BCUT2D eigenvalue weighted by Crippen LogP contribution is 2.25. The molecule has 1 aromatic heterocycles. The lowest BCUT2D eigenvalue weighted by Gasteiger charge is -2.23. The molecule has 4 heteroatoms. The van der Waals surface area contributed by atoms with Crippen LogP contribution in [0.4, 0.5) is 0 Å². The van der Waals surface area contributed by atoms with E-state index in [1.807, 2.05) is 0 Å². The highest BCUT2D eigenvalue weighted by molar-refractivity contribution is 7.11. The lowest BCUT2D eigenvalue weighted by molar-refractivity contribution is 0.255. The molecule has 0 saturated carbocycles. The van der Waals surface area contributed by atoms with Gasteiger partial charge in [0.05, 0.1) is 16.7 Å². The molecule has 0 radical (unpaired) electrons. The van der Waals surface area contributed by atoms with Crippen molar-refractivity contribution >= 4 is 11.3 Å². The molecule has 0 bridgehead atoms. The summed E-state index contributed by atoms with van der Waals surface area (Å²) in [5.41, 5.74) is 6.73. The Morgan fingerprint density at radius 2 is 2.13 bits per heavy atom. The van der Waals surface area contributed by atoms with Crippen molar-refractivity contribution in [2.24, 2.45) is 5.73 Å². The Kier molecular flexibility index (Phi) is 4.70. The van der Waals surface area contributed by atoms with Crippen molar-refractivity contribution in [3.63, 3.8) is 0 Å². The maximum Gasteiger partial charge on any atom is 0.0900 e. The van der Waals surface area contributed by atoms with Crippen LogP contribution in [-0.2, 0) is 0 Å². The molecule has 0 spiro atoms. The number of rotatable bonds is 5. The van der Waals surface area contributed by atoms with Crippen molar-refractivity contribution in [3.05, 3.63) is 15.6 Å². The smallest absolute Gasteiger partial charge is 0.0900 e. The predicted octanol–water partition coefficient (Wildman–Crippen LogP) is 2.10. The van der Waals surface area contributed by atoms with Crippen LogP contribution in [-0.4, -0.2) is 30.0 Å². The van der Waals surface area contributed by atoms with Crippen LogP contribution in [0.25, 0.3) is 0 Å². The zero-order chi connectivity index (χ0) is 11.4. The number of thiazole rings is 1. The quantitative estimate of drug-likeness (QED) is 0.837. The predicted molar refractivity (Wildman–Crippen MR) is 66.3 cm³/mol. The summed E-state index contributed by atoms with van der Waals surface area (Å²) in [4.78, 5) is 8.23. The molecular formula is C11H21N3S. The lowest BCUT2D eigenvalue weighted by atomic mass is 10.2. The van der Waals surface area contributed by atoms with Crippen molar-refractivity contribution in [2.45, 2.75) is 33.2 Å². The molecule has 0 aliphatic heterocycles. The molecule has 3 nitrogen and oxygen atoms in total. The molecule has 15 heavy (non-hydrogen) atoms. The molecule has 1 atom stereocenters. The Morgan fingerprint density at radius 3 is 2.60 bits per heavy atom. The molecule has 0 aliphatic carbocycles. The summed E-state index contributed by atoms with van der Waals surface area (Å²) in [5, 5.41) is 1.15. The van der Waals surface area contributed by atoms with Gasteiger partial charge in [0.25, 0.3) is 0 Å². The van der Waals surface area contributed by atoms with E-state index in [0.717, 1.165) is 24.5 Å². The molecule has 0 aliphatic rings. The summed E-state index contributed by atoms with van der Waals surface area (Å²) in [6, 6.07) is 0.390. The first-order chi connectivity index (χ1) is 7.06. The van der Waals surface area contributed by atoms with Crippen molar-refractivity contribution in [1.82, 2.24) is 9.88 Å². The fraction of sp³-hybridized carbons (Fsp3) is 0.727. The van der Waals surface area contributed by atoms with E-state index in [4.69, 9.17) is 5.73 Å². The lowest BCUT2D eigenvalue weighted by Crippen LogP contribution is -2.25. The largest absolute Gasteiger partial charge is 0.330 e. The molecule has 2 N–H and O–H groups in total. The monoisotopic (exact) mass is 227 g/mol. The van der Waals surface area contributed by atoms with Crippen LogP contribution in [0, 0.1) is 13.8 Å². The maximum absolute atomic E-state index is 5.51. The van der Waals surface area contributed by atoms with Gasteiger partial charge >= 0.3 is 0 Å². The van der Waals surface area contributed by atoms with E-state index in [1.54, 1.807) is 11.3 Å². The third-order valence-corrected chi connectivity index (χ3v) is 3.61. The number of nitrogens with two attached hydrogens (primary N) is 1. The van der Waals surface area contributed by atoms with E-state index >= 15 is 0 Å². The average molecular weight is 227 g/mol. The van der Waals surface area contributed by atoms with Crippen LogP contribution in [0.15, 0.2) is 0 Å². The summed E-state index contributed by atoms with van der Waals surface area (Å²) < 4.78 is 0. The maximum atomic E-state index is 5.51. The molecule has 1 heterocycles. The van der Waals surface area contributed by atoms with Gasteiger partial charge < -0.3 is 5.73 Å². The number of nitrogens with zero attached hydrogens (tertiary/aromatic N) is 2. The van der Waals surface area contributed by atoms with Gasteiger partial charge in [-0.2, -0.15) is 0 Å². The Bertz CT molecular complexity index is 309. The van der Waals surface area contributed by atoms with Gasteiger partial charge in [-0.1, -0.05) is 0 Å². The number of aryl methyl sites for hydroxylation is 2. The fourth-order valence-electron chi connectivity index (χ4n) is 1.68. The molecule has 1 rings (SSSR count). The first-order valence-corrected chi connectivity index (χ1v) is 6.22. The van der Waals surface area contributed by atoms with Gasteiger partial charge in [0.2, 0.25) is 0 Å². The normalized spacial score (nSPS) is 13.5. The van der Waals surface area contributed by atoms with Gasteiger partial charge in [0.1, 0.15) is 0 Å². The zero-order valence-electron chi connectivity index (χ0n) is 10.1. The van der Waals surface area contributed by atoms with Crippen LogP contribution in [0.1, 0.15) is 35.0 Å². The first-order valence-electron chi connectivity index (χ1n) is 5.40. The second-order valence-corrected chi connectivity index (χ2v) is 5.38. The van der Waals surface area contributed by atoms with E-state index in [2.05, 4.69) is 37.7 Å². The number of hydrogen-bond donors (Lipinski definition) is 1. The van der Waals surface area contributed by atoms with Crippen molar-refractivity contribution < 1.29 is 0 Å². The van der Waals surface area contributed by atoms with Crippen molar-refractivity contribution in [2.75, 3.05) is 20.1 Å². The second-order valence-electron chi connectivity index (χ2n) is 3.97. The van der Waals surface area contributed by atoms with E-state index in [0.29, 0.717) is 6.04 Å². The Balaban J connectivity index is 2.66. The van der Waals surface area contributed by atoms with E-state index < -0.39 is 0 Å². The van der Waals surface area contributed by atoms with Crippen LogP contribution in [0.3, 0.4) is 0 Å². The van der Waals surface area contributed by atoms with Gasteiger partial charge in [0.15, 0.2) is 0 Å². The van der Waals surface area contributed by atoms with E-state index in [1.165, 1.54) is 10.6 Å². The Hall–Kier alpha value is -0.450. The molecule has 0 saturated heterocycles. The average Bonchev–Trinajstić information content (AvgIpc) is 2.53. The minimum atomic E-state index is 0.390. The molecule has 86 valence electrons. The first kappa shape index (κ1) is 12.6. The summed E-state index contributed by atoms with van der Waals surface area (Å²) in [5.74, 6) is 0. The standard InChI is InChI=1S/C11H21N3S/c1-8(14(4)7-5-6-12)11-9(2)15-10(3)13-11/h8H,5-7,12H2,1-4H3. The minimum Gasteiger partial charge on any atom is -0.330 e. The van der Waals surface area contributed by atoms with Crippen LogP contribution in [0.5, 0.6) is 0 Å². The van der Waals surface area contributed by atoms with Crippen LogP contribution >= 0.6 is 11.3 Å². The van der Waals surface area contributed by atoms with Crippen LogP contribution < -0.4 is 5.73 Å². The summed E-state index contributed by atoms with van der Waals surface area (Å²) >= 11 is 1.78. The van der Waals surface area contributed by atoms with Crippen LogP contribution in [0.2, 0.25) is 0 Å². The van der Waals surface area contributed by atoms with Gasteiger partial charge in [-0.05, 0) is 47.3 Å². The van der Waals surface area contributed by atoms with Crippen molar-refractivity contribution in [3.8, 4) is 0 Å². The van der Waals surface area contributed by atoms with Gasteiger partial charge in [-0.3, -0.25) is 4.90 Å². The van der Waals surface area contributed by atoms with E-state index in [9.17, 15) is 0 Å². The second kappa shape index (κ2) is 5.58. The molecule has 1 unspecified atom stereocenters. The zero-order valence-corrected chi connectivity index (χ0v) is 10.9. The molecule has 0 fully saturated rings.